The van der Waals surface area contributed by atoms with Crippen molar-refractivity contribution in [3.05, 3.63) is 59.5 Å². The van der Waals surface area contributed by atoms with Crippen molar-refractivity contribution in [2.75, 3.05) is 42.6 Å². The molecule has 0 radical (unpaired) electrons. The van der Waals surface area contributed by atoms with Gasteiger partial charge < -0.3 is 14.9 Å². The molecular weight excluding hydrogens is 382 g/mol. The number of nitrogens with zero attached hydrogens (tertiary/aromatic N) is 7. The van der Waals surface area contributed by atoms with Crippen LogP contribution >= 0.6 is 0 Å². The van der Waals surface area contributed by atoms with Crippen LogP contribution in [0.15, 0.2) is 54.0 Å². The van der Waals surface area contributed by atoms with E-state index in [1.54, 1.807) is 12.5 Å². The van der Waals surface area contributed by atoms with Crippen LogP contribution in [-0.2, 0) is 6.54 Å². The maximum atomic E-state index is 12.5. The summed E-state index contributed by atoms with van der Waals surface area (Å²) in [6.45, 7) is 3.47. The summed E-state index contributed by atoms with van der Waals surface area (Å²) in [5.41, 5.74) is 2.29. The Kier molecular flexibility index (Phi) is 4.72. The lowest BCUT2D eigenvalue weighted by molar-refractivity contribution is 0.274. The first-order valence-electron chi connectivity index (χ1n) is 9.90. The van der Waals surface area contributed by atoms with Crippen molar-refractivity contribution in [2.45, 2.75) is 6.54 Å². The molecule has 1 aliphatic heterocycles. The molecule has 1 fully saturated rings. The molecule has 0 unspecified atom stereocenters. The Hall–Kier alpha value is -3.59. The molecule has 1 N–H and O–H groups in total. The van der Waals surface area contributed by atoms with E-state index in [0.29, 0.717) is 16.6 Å². The second-order valence-corrected chi connectivity index (χ2v) is 7.21. The van der Waals surface area contributed by atoms with Crippen LogP contribution in [0, 0.1) is 0 Å². The highest BCUT2D eigenvalue weighted by Gasteiger charge is 2.21. The van der Waals surface area contributed by atoms with Gasteiger partial charge in [0.1, 0.15) is 12.1 Å². The third-order valence-corrected chi connectivity index (χ3v) is 5.48. The first kappa shape index (κ1) is 18.4. The van der Waals surface area contributed by atoms with E-state index in [2.05, 4.69) is 29.7 Å². The van der Waals surface area contributed by atoms with Gasteiger partial charge in [-0.1, -0.05) is 0 Å². The molecule has 1 saturated heterocycles. The number of aliphatic hydroxyl groups is 1. The molecule has 152 valence electrons. The summed E-state index contributed by atoms with van der Waals surface area (Å²) in [5, 5.41) is 10.6. The van der Waals surface area contributed by atoms with Gasteiger partial charge in [0, 0.05) is 38.1 Å². The van der Waals surface area contributed by atoms with Crippen LogP contribution in [0.4, 0.5) is 11.5 Å². The number of fused-ring (bicyclic) bond motifs is 2. The van der Waals surface area contributed by atoms with Crippen molar-refractivity contribution in [3.63, 3.8) is 0 Å². The van der Waals surface area contributed by atoms with Crippen molar-refractivity contribution < 1.29 is 5.11 Å². The molecule has 30 heavy (non-hydrogen) atoms. The van der Waals surface area contributed by atoms with E-state index in [1.807, 2.05) is 30.3 Å². The van der Waals surface area contributed by atoms with E-state index in [-0.39, 0.29) is 18.7 Å². The zero-order chi connectivity index (χ0) is 20.5. The van der Waals surface area contributed by atoms with Gasteiger partial charge in [-0.05, 0) is 30.3 Å². The number of hydrogen-bond acceptors (Lipinski definition) is 8. The van der Waals surface area contributed by atoms with Gasteiger partial charge in [0.2, 0.25) is 0 Å². The number of piperazine rings is 1. The second kappa shape index (κ2) is 7.68. The molecule has 0 aliphatic carbocycles. The van der Waals surface area contributed by atoms with Crippen LogP contribution in [0.1, 0.15) is 0 Å². The maximum absolute atomic E-state index is 12.5. The molecule has 0 spiro atoms. The number of aromatic nitrogens is 5. The van der Waals surface area contributed by atoms with E-state index in [1.165, 1.54) is 10.9 Å². The SMILES string of the molecule is O=c1c2ccc(N3CCN(c4ncnc5ncccc45)CC3)cc2ncn1CCO. The van der Waals surface area contributed by atoms with Crippen LogP contribution in [0.3, 0.4) is 0 Å². The second-order valence-electron chi connectivity index (χ2n) is 7.21. The van der Waals surface area contributed by atoms with E-state index in [0.717, 1.165) is 43.1 Å². The Morgan fingerprint density at radius 2 is 1.77 bits per heavy atom. The highest BCUT2D eigenvalue weighted by molar-refractivity contribution is 5.86. The molecule has 0 bridgehead atoms. The molecule has 9 heteroatoms. The summed E-state index contributed by atoms with van der Waals surface area (Å²) in [6.07, 6.45) is 4.80. The molecule has 0 amide bonds. The molecule has 0 saturated carbocycles. The van der Waals surface area contributed by atoms with Crippen molar-refractivity contribution in [3.8, 4) is 0 Å². The minimum atomic E-state index is -0.130. The Morgan fingerprint density at radius 1 is 0.933 bits per heavy atom. The predicted octanol–water partition coefficient (Wildman–Crippen LogP) is 1.05. The molecule has 1 aliphatic rings. The Balaban J connectivity index is 1.37. The molecule has 0 atom stereocenters. The van der Waals surface area contributed by atoms with Crippen LogP contribution in [-0.4, -0.2) is 62.4 Å². The number of benzene rings is 1. The van der Waals surface area contributed by atoms with Gasteiger partial charge in [0.05, 0.1) is 35.8 Å². The van der Waals surface area contributed by atoms with Gasteiger partial charge in [0.25, 0.3) is 5.56 Å². The fourth-order valence-electron chi connectivity index (χ4n) is 3.92. The Bertz CT molecular complexity index is 1260. The van der Waals surface area contributed by atoms with Crippen LogP contribution < -0.4 is 15.4 Å². The van der Waals surface area contributed by atoms with Crippen molar-refractivity contribution in [1.82, 2.24) is 24.5 Å². The van der Waals surface area contributed by atoms with E-state index in [9.17, 15) is 4.79 Å². The van der Waals surface area contributed by atoms with Gasteiger partial charge in [-0.25, -0.2) is 19.9 Å². The zero-order valence-corrected chi connectivity index (χ0v) is 16.3. The summed E-state index contributed by atoms with van der Waals surface area (Å²) in [6, 6.07) is 9.66. The number of anilines is 2. The standard InChI is InChI=1S/C21H21N7O2/c29-11-10-28-14-25-18-12-15(3-4-16(18)21(28)30)26-6-8-27(9-7-26)20-17-2-1-5-22-19(17)23-13-24-20/h1-5,12-14,29H,6-11H2. The Morgan fingerprint density at radius 3 is 2.60 bits per heavy atom. The number of hydrogen-bond donors (Lipinski definition) is 1. The quantitative estimate of drug-likeness (QED) is 0.540. The molecule has 4 aromatic rings. The topological polar surface area (TPSA) is 100 Å². The van der Waals surface area contributed by atoms with E-state index >= 15 is 0 Å². The average molecular weight is 403 g/mol. The summed E-state index contributed by atoms with van der Waals surface area (Å²) >= 11 is 0. The largest absolute Gasteiger partial charge is 0.395 e. The molecule has 5 rings (SSSR count). The number of pyridine rings is 1. The van der Waals surface area contributed by atoms with Crippen molar-refractivity contribution in [1.29, 1.82) is 0 Å². The third-order valence-electron chi connectivity index (χ3n) is 5.48. The number of rotatable bonds is 4. The van der Waals surface area contributed by atoms with Crippen molar-refractivity contribution in [2.24, 2.45) is 0 Å². The smallest absolute Gasteiger partial charge is 0.261 e. The highest BCUT2D eigenvalue weighted by Crippen LogP contribution is 2.25. The lowest BCUT2D eigenvalue weighted by Gasteiger charge is -2.37. The Labute approximate surface area is 172 Å². The minimum Gasteiger partial charge on any atom is -0.395 e. The van der Waals surface area contributed by atoms with Gasteiger partial charge in [-0.15, -0.1) is 0 Å². The number of aliphatic hydroxyl groups excluding tert-OH is 1. The lowest BCUT2D eigenvalue weighted by Crippen LogP contribution is -2.47. The average Bonchev–Trinajstić information content (AvgIpc) is 2.80. The molecular formula is C21H21N7O2. The molecule has 1 aromatic carbocycles. The summed E-state index contributed by atoms with van der Waals surface area (Å²) in [5.74, 6) is 0.914. The molecule has 3 aromatic heterocycles. The van der Waals surface area contributed by atoms with Crippen LogP contribution in [0.25, 0.3) is 21.9 Å². The summed E-state index contributed by atoms with van der Waals surface area (Å²) in [4.78, 5) is 34.5. The van der Waals surface area contributed by atoms with Crippen molar-refractivity contribution >= 4 is 33.4 Å². The molecule has 9 nitrogen and oxygen atoms in total. The molecule has 4 heterocycles. The zero-order valence-electron chi connectivity index (χ0n) is 16.3. The van der Waals surface area contributed by atoms with Gasteiger partial charge in [0.15, 0.2) is 5.65 Å². The minimum absolute atomic E-state index is 0.0901. The van der Waals surface area contributed by atoms with E-state index < -0.39 is 0 Å². The predicted molar refractivity (Wildman–Crippen MR) is 115 cm³/mol. The summed E-state index contributed by atoms with van der Waals surface area (Å²) in [7, 11) is 0. The van der Waals surface area contributed by atoms with E-state index in [4.69, 9.17) is 5.11 Å². The fraction of sp³-hybridized carbons (Fsp3) is 0.286. The fourth-order valence-corrected chi connectivity index (χ4v) is 3.92. The van der Waals surface area contributed by atoms with Gasteiger partial charge in [-0.3, -0.25) is 9.36 Å². The monoisotopic (exact) mass is 403 g/mol. The third kappa shape index (κ3) is 3.22. The summed E-state index contributed by atoms with van der Waals surface area (Å²) < 4.78 is 1.43. The first-order chi connectivity index (χ1) is 14.7. The van der Waals surface area contributed by atoms with Crippen LogP contribution in [0.2, 0.25) is 0 Å². The maximum Gasteiger partial charge on any atom is 0.261 e. The van der Waals surface area contributed by atoms with Gasteiger partial charge in [-0.2, -0.15) is 0 Å². The van der Waals surface area contributed by atoms with Crippen LogP contribution in [0.5, 0.6) is 0 Å². The normalized spacial score (nSPS) is 14.6. The first-order valence-corrected chi connectivity index (χ1v) is 9.90. The highest BCUT2D eigenvalue weighted by atomic mass is 16.3. The lowest BCUT2D eigenvalue weighted by atomic mass is 10.2. The van der Waals surface area contributed by atoms with Gasteiger partial charge >= 0.3 is 0 Å².